The maximum atomic E-state index is 12.9. The van der Waals surface area contributed by atoms with Gasteiger partial charge >= 0.3 is 17.9 Å². The number of esters is 3. The van der Waals surface area contributed by atoms with Crippen molar-refractivity contribution in [1.29, 1.82) is 0 Å². The minimum atomic E-state index is -2.77. The molecule has 46 heavy (non-hydrogen) atoms. The van der Waals surface area contributed by atoms with Gasteiger partial charge in [0.2, 0.25) is 0 Å². The Morgan fingerprint density at radius 2 is 1.28 bits per heavy atom. The molecule has 2 N–H and O–H groups in total. The van der Waals surface area contributed by atoms with Crippen LogP contribution in [-0.2, 0) is 42.2 Å². The monoisotopic (exact) mass is 688 g/mol. The molecule has 3 aliphatic rings. The molecule has 0 radical (unpaired) electrons. The number of aliphatic hydroxyl groups excluding tert-OH is 1. The molecule has 0 aromatic heterocycles. The number of rotatable bonds is 8. The van der Waals surface area contributed by atoms with Gasteiger partial charge in [-0.1, -0.05) is 41.5 Å². The molecule has 1 saturated heterocycles. The van der Waals surface area contributed by atoms with Crippen LogP contribution in [0, 0.1) is 11.3 Å². The number of fused-ring (bicyclic) bond motifs is 1. The highest BCUT2D eigenvalue weighted by Gasteiger charge is 2.87. The van der Waals surface area contributed by atoms with E-state index >= 15 is 0 Å². The van der Waals surface area contributed by atoms with Crippen molar-refractivity contribution in [3.8, 4) is 0 Å². The van der Waals surface area contributed by atoms with Crippen molar-refractivity contribution in [2.75, 3.05) is 6.61 Å². The molecule has 9 atom stereocenters. The lowest BCUT2D eigenvalue weighted by atomic mass is 9.46. The summed E-state index contributed by atoms with van der Waals surface area (Å²) >= 11 is 0. The van der Waals surface area contributed by atoms with E-state index in [0.29, 0.717) is 0 Å². The van der Waals surface area contributed by atoms with Gasteiger partial charge in [0.05, 0.1) is 34.7 Å². The Morgan fingerprint density at radius 3 is 1.72 bits per heavy atom. The van der Waals surface area contributed by atoms with Gasteiger partial charge in [0.15, 0.2) is 16.6 Å². The van der Waals surface area contributed by atoms with E-state index in [0.717, 1.165) is 0 Å². The number of ether oxygens (including phenoxy) is 4. The van der Waals surface area contributed by atoms with Crippen LogP contribution in [0.5, 0.6) is 0 Å². The highest BCUT2D eigenvalue weighted by molar-refractivity contribution is 6.74. The van der Waals surface area contributed by atoms with Crippen LogP contribution < -0.4 is 0 Å². The van der Waals surface area contributed by atoms with Gasteiger partial charge in [-0.15, -0.1) is 0 Å². The van der Waals surface area contributed by atoms with Crippen molar-refractivity contribution in [3.63, 3.8) is 0 Å². The quantitative estimate of drug-likeness (QED) is 0.205. The van der Waals surface area contributed by atoms with Crippen molar-refractivity contribution in [2.24, 2.45) is 11.3 Å². The van der Waals surface area contributed by atoms with Crippen molar-refractivity contribution >= 4 is 34.5 Å². The minimum Gasteiger partial charge on any atom is -0.465 e. The molecule has 3 rings (SSSR count). The summed E-state index contributed by atoms with van der Waals surface area (Å²) < 4.78 is 39.5. The number of aliphatic hydroxyl groups is 2. The smallest absolute Gasteiger partial charge is 0.303 e. The first-order valence-corrected chi connectivity index (χ1v) is 22.2. The Kier molecular flexibility index (Phi) is 10.1. The van der Waals surface area contributed by atoms with Crippen LogP contribution in [0.3, 0.4) is 0 Å². The topological polar surface area (TPSA) is 147 Å². The molecule has 0 amide bonds. The van der Waals surface area contributed by atoms with E-state index in [1.54, 1.807) is 0 Å². The Morgan fingerprint density at radius 1 is 0.804 bits per heavy atom. The summed E-state index contributed by atoms with van der Waals surface area (Å²) in [6.45, 7) is 29.5. The van der Waals surface area contributed by atoms with Gasteiger partial charge in [-0.3, -0.25) is 14.4 Å². The first kappa shape index (κ1) is 39.1. The van der Waals surface area contributed by atoms with Gasteiger partial charge in [-0.2, -0.15) is 0 Å². The molecule has 2 aliphatic carbocycles. The Hall–Kier alpha value is -1.36. The van der Waals surface area contributed by atoms with Gasteiger partial charge in [0.1, 0.15) is 30.5 Å². The van der Waals surface area contributed by atoms with Crippen molar-refractivity contribution in [1.82, 2.24) is 0 Å². The fourth-order valence-electron chi connectivity index (χ4n) is 7.54. The Balaban J connectivity index is 2.59. The molecule has 1 spiro atoms. The summed E-state index contributed by atoms with van der Waals surface area (Å²) in [6, 6.07) is 0. The zero-order valence-electron chi connectivity index (χ0n) is 30.9. The van der Waals surface area contributed by atoms with E-state index in [-0.39, 0.29) is 16.5 Å². The molecule has 3 fully saturated rings. The average Bonchev–Trinajstić information content (AvgIpc) is 3.01. The molecule has 11 nitrogen and oxygen atoms in total. The van der Waals surface area contributed by atoms with E-state index in [1.165, 1.54) is 27.7 Å². The molecule has 1 aliphatic heterocycles. The number of carbonyl (C=O) groups is 3. The van der Waals surface area contributed by atoms with Crippen LogP contribution in [0.4, 0.5) is 0 Å². The predicted molar refractivity (Wildman–Crippen MR) is 177 cm³/mol. The van der Waals surface area contributed by atoms with E-state index in [9.17, 15) is 24.6 Å². The van der Waals surface area contributed by atoms with E-state index < -0.39 is 99.8 Å². The standard InChI is InChI=1S/C33H60O11Si2/c1-19(34)39-18-32-25(37)22(40-20(2)35)17-31(12,38)33(32)26(41-21(3)36)23(30(10,11)44-33)24(42-45(13,14)28(4,5)6)27(32)43-46(15,16)29(7,8)9/h22-27,37-38H,17-18H2,1-16H3/t22-,23+,24-,25-,26+,27-,31-,32-,33-/m0/s1. The van der Waals surface area contributed by atoms with Gasteiger partial charge in [0.25, 0.3) is 0 Å². The summed E-state index contributed by atoms with van der Waals surface area (Å²) in [5, 5.41) is 24.8. The second kappa shape index (κ2) is 11.9. The van der Waals surface area contributed by atoms with Gasteiger partial charge < -0.3 is 38.0 Å². The fraction of sp³-hybridized carbons (Fsp3) is 0.909. The van der Waals surface area contributed by atoms with Gasteiger partial charge in [-0.25, -0.2) is 0 Å². The molecule has 1 heterocycles. The highest BCUT2D eigenvalue weighted by Crippen LogP contribution is 2.70. The molecule has 2 saturated carbocycles. The molecule has 0 aromatic carbocycles. The summed E-state index contributed by atoms with van der Waals surface area (Å²) in [4.78, 5) is 38.0. The summed E-state index contributed by atoms with van der Waals surface area (Å²) in [5.41, 5.74) is -6.72. The normalized spacial score (nSPS) is 37.7. The highest BCUT2D eigenvalue weighted by atomic mass is 28.4. The molecule has 0 unspecified atom stereocenters. The second-order valence-corrected chi connectivity index (χ2v) is 27.0. The van der Waals surface area contributed by atoms with Crippen LogP contribution in [0.1, 0.15) is 89.5 Å². The third-order valence-electron chi connectivity index (χ3n) is 11.7. The molecule has 13 heteroatoms. The summed E-state index contributed by atoms with van der Waals surface area (Å²) in [5.74, 6) is -2.58. The maximum absolute atomic E-state index is 12.9. The third kappa shape index (κ3) is 6.15. The Bertz CT molecular complexity index is 1200. The predicted octanol–water partition coefficient (Wildman–Crippen LogP) is 4.87. The molecular formula is C33H60O11Si2. The lowest BCUT2D eigenvalue weighted by Crippen LogP contribution is -2.86. The van der Waals surface area contributed by atoms with Crippen LogP contribution in [0.2, 0.25) is 36.3 Å². The molecule has 0 aromatic rings. The number of hydrogen-bond acceptors (Lipinski definition) is 11. The van der Waals surface area contributed by atoms with Crippen LogP contribution in [0.25, 0.3) is 0 Å². The average molecular weight is 689 g/mol. The van der Waals surface area contributed by atoms with Crippen molar-refractivity contribution in [3.05, 3.63) is 0 Å². The summed E-state index contributed by atoms with van der Waals surface area (Å²) in [7, 11) is -5.43. The number of carbonyl (C=O) groups excluding carboxylic acids is 3. The first-order chi connectivity index (χ1) is 20.4. The zero-order chi connectivity index (χ0) is 35.9. The van der Waals surface area contributed by atoms with E-state index in [4.69, 9.17) is 27.8 Å². The fourth-order valence-corrected chi connectivity index (χ4v) is 10.2. The lowest BCUT2D eigenvalue weighted by Gasteiger charge is -2.68. The van der Waals surface area contributed by atoms with E-state index in [1.807, 2.05) is 13.8 Å². The van der Waals surface area contributed by atoms with Crippen molar-refractivity contribution in [2.45, 2.75) is 173 Å². The molecular weight excluding hydrogens is 629 g/mol. The number of hydrogen-bond donors (Lipinski definition) is 2. The lowest BCUT2D eigenvalue weighted by molar-refractivity contribution is -0.360. The zero-order valence-corrected chi connectivity index (χ0v) is 32.9. The largest absolute Gasteiger partial charge is 0.465 e. The van der Waals surface area contributed by atoms with Crippen LogP contribution in [-0.4, -0.2) is 98.7 Å². The second-order valence-electron chi connectivity index (χ2n) is 17.5. The van der Waals surface area contributed by atoms with Crippen molar-refractivity contribution < 1.29 is 52.4 Å². The summed E-state index contributed by atoms with van der Waals surface area (Å²) in [6.07, 6.45) is -6.15. The van der Waals surface area contributed by atoms with Gasteiger partial charge in [-0.05, 0) is 57.0 Å². The first-order valence-electron chi connectivity index (χ1n) is 16.4. The van der Waals surface area contributed by atoms with Crippen LogP contribution >= 0.6 is 0 Å². The minimum absolute atomic E-state index is 0.239. The SMILES string of the molecule is CC(=O)OC[C@@]12[C@@H](O)[C@@H](OC(C)=O)C[C@](C)(O)[C@]13OC(C)(C)[C@H]([C@H](O[Si](C)(C)C(C)(C)C)[C@@H]2O[Si](C)(C)C(C)(C)C)[C@H]3OC(C)=O. The van der Waals surface area contributed by atoms with Crippen LogP contribution in [0.15, 0.2) is 0 Å². The maximum Gasteiger partial charge on any atom is 0.303 e. The molecule has 2 bridgehead atoms. The molecule has 266 valence electrons. The third-order valence-corrected chi connectivity index (χ3v) is 20.6. The van der Waals surface area contributed by atoms with Gasteiger partial charge in [0, 0.05) is 27.2 Å². The Labute approximate surface area is 277 Å². The van der Waals surface area contributed by atoms with E-state index in [2.05, 4.69) is 67.7 Å².